The minimum absolute atomic E-state index is 0.679. The van der Waals surface area contributed by atoms with E-state index in [1.54, 1.807) is 24.2 Å². The third kappa shape index (κ3) is 3.03. The number of rotatable bonds is 3. The molecule has 0 aliphatic heterocycles. The molecule has 0 fully saturated rings. The number of aromatic nitrogens is 3. The second kappa shape index (κ2) is 5.55. The molecule has 0 saturated carbocycles. The van der Waals surface area contributed by atoms with Gasteiger partial charge < -0.3 is 0 Å². The van der Waals surface area contributed by atoms with Gasteiger partial charge >= 0.3 is 0 Å². The standard InChI is InChI=1S/C14H10ClN3S/c15-11-3-1-2-10(8-11)9-19-13-5-4-12-14(18-13)17-7-6-16-12/h1-8H,9H2. The largest absolute Gasteiger partial charge is 0.251 e. The van der Waals surface area contributed by atoms with Crippen molar-refractivity contribution in [2.24, 2.45) is 0 Å². The number of thioether (sulfide) groups is 1. The average molecular weight is 288 g/mol. The van der Waals surface area contributed by atoms with Crippen molar-refractivity contribution in [3.8, 4) is 0 Å². The number of hydrogen-bond donors (Lipinski definition) is 0. The second-order valence-corrected chi connectivity index (χ2v) is 5.40. The van der Waals surface area contributed by atoms with Crippen LogP contribution in [0, 0.1) is 0 Å². The van der Waals surface area contributed by atoms with Crippen LogP contribution in [-0.4, -0.2) is 15.0 Å². The van der Waals surface area contributed by atoms with Crippen molar-refractivity contribution in [1.82, 2.24) is 15.0 Å². The Morgan fingerprint density at radius 2 is 1.95 bits per heavy atom. The van der Waals surface area contributed by atoms with Gasteiger partial charge in [0.15, 0.2) is 5.65 Å². The van der Waals surface area contributed by atoms with Gasteiger partial charge in [0.25, 0.3) is 0 Å². The first-order valence-corrected chi connectivity index (χ1v) is 7.13. The number of hydrogen-bond acceptors (Lipinski definition) is 4. The van der Waals surface area contributed by atoms with Gasteiger partial charge in [-0.05, 0) is 29.8 Å². The van der Waals surface area contributed by atoms with Crippen LogP contribution in [0.25, 0.3) is 11.2 Å². The zero-order valence-electron chi connectivity index (χ0n) is 9.95. The van der Waals surface area contributed by atoms with Crippen molar-refractivity contribution < 1.29 is 0 Å². The monoisotopic (exact) mass is 287 g/mol. The van der Waals surface area contributed by atoms with E-state index in [0.29, 0.717) is 5.65 Å². The molecule has 0 amide bonds. The quantitative estimate of drug-likeness (QED) is 0.683. The van der Waals surface area contributed by atoms with Crippen LogP contribution >= 0.6 is 23.4 Å². The topological polar surface area (TPSA) is 38.7 Å². The number of halogens is 1. The fourth-order valence-corrected chi connectivity index (χ4v) is 2.72. The van der Waals surface area contributed by atoms with Gasteiger partial charge in [-0.15, -0.1) is 11.8 Å². The Morgan fingerprint density at radius 3 is 2.84 bits per heavy atom. The molecular formula is C14H10ClN3S. The predicted molar refractivity (Wildman–Crippen MR) is 78.3 cm³/mol. The summed E-state index contributed by atoms with van der Waals surface area (Å²) in [6.07, 6.45) is 3.32. The molecule has 3 rings (SSSR count). The minimum atomic E-state index is 0.679. The Morgan fingerprint density at radius 1 is 1.05 bits per heavy atom. The maximum Gasteiger partial charge on any atom is 0.179 e. The summed E-state index contributed by atoms with van der Waals surface area (Å²) in [5, 5.41) is 1.70. The Hall–Kier alpha value is -1.65. The highest BCUT2D eigenvalue weighted by atomic mass is 35.5. The van der Waals surface area contributed by atoms with Crippen molar-refractivity contribution in [2.75, 3.05) is 0 Å². The molecule has 0 aliphatic rings. The van der Waals surface area contributed by atoms with Crippen LogP contribution in [0.4, 0.5) is 0 Å². The highest BCUT2D eigenvalue weighted by Gasteiger charge is 2.02. The summed E-state index contributed by atoms with van der Waals surface area (Å²) >= 11 is 7.62. The van der Waals surface area contributed by atoms with E-state index in [0.717, 1.165) is 21.3 Å². The van der Waals surface area contributed by atoms with E-state index in [9.17, 15) is 0 Å². The lowest BCUT2D eigenvalue weighted by atomic mass is 10.2. The molecule has 94 valence electrons. The molecule has 0 unspecified atom stereocenters. The van der Waals surface area contributed by atoms with E-state index in [2.05, 4.69) is 21.0 Å². The summed E-state index contributed by atoms with van der Waals surface area (Å²) in [6.45, 7) is 0. The minimum Gasteiger partial charge on any atom is -0.251 e. The van der Waals surface area contributed by atoms with Gasteiger partial charge in [-0.2, -0.15) is 0 Å². The molecule has 2 aromatic heterocycles. The van der Waals surface area contributed by atoms with Gasteiger partial charge in [0.2, 0.25) is 0 Å². The van der Waals surface area contributed by atoms with Crippen LogP contribution in [0.1, 0.15) is 5.56 Å². The Balaban J connectivity index is 1.78. The van der Waals surface area contributed by atoms with Crippen molar-refractivity contribution in [3.05, 3.63) is 59.4 Å². The molecular weight excluding hydrogens is 278 g/mol. The molecule has 3 aromatic rings. The summed E-state index contributed by atoms with van der Waals surface area (Å²) < 4.78 is 0. The lowest BCUT2D eigenvalue weighted by Crippen LogP contribution is -1.88. The highest BCUT2D eigenvalue weighted by Crippen LogP contribution is 2.23. The molecule has 0 spiro atoms. The molecule has 0 radical (unpaired) electrons. The van der Waals surface area contributed by atoms with E-state index in [1.807, 2.05) is 30.3 Å². The normalized spacial score (nSPS) is 10.8. The van der Waals surface area contributed by atoms with Crippen molar-refractivity contribution in [2.45, 2.75) is 10.8 Å². The lowest BCUT2D eigenvalue weighted by Gasteiger charge is -2.03. The molecule has 0 N–H and O–H groups in total. The van der Waals surface area contributed by atoms with Gasteiger partial charge in [-0.1, -0.05) is 23.7 Å². The molecule has 0 saturated heterocycles. The van der Waals surface area contributed by atoms with Crippen LogP contribution in [-0.2, 0) is 5.75 Å². The van der Waals surface area contributed by atoms with E-state index in [-0.39, 0.29) is 0 Å². The maximum absolute atomic E-state index is 5.96. The zero-order chi connectivity index (χ0) is 13.1. The number of nitrogens with zero attached hydrogens (tertiary/aromatic N) is 3. The molecule has 0 atom stereocenters. The van der Waals surface area contributed by atoms with Gasteiger partial charge in [0.05, 0.1) is 5.03 Å². The summed E-state index contributed by atoms with van der Waals surface area (Å²) in [7, 11) is 0. The molecule has 3 nitrogen and oxygen atoms in total. The smallest absolute Gasteiger partial charge is 0.179 e. The Labute approximate surface area is 120 Å². The fraction of sp³-hybridized carbons (Fsp3) is 0.0714. The predicted octanol–water partition coefficient (Wildman–Crippen LogP) is 3.97. The third-order valence-electron chi connectivity index (χ3n) is 2.58. The summed E-state index contributed by atoms with van der Waals surface area (Å²) in [5.41, 5.74) is 2.67. The Kier molecular flexibility index (Phi) is 3.62. The summed E-state index contributed by atoms with van der Waals surface area (Å²) in [6, 6.07) is 11.8. The average Bonchev–Trinajstić information content (AvgIpc) is 2.45. The number of fused-ring (bicyclic) bond motifs is 1. The first kappa shape index (κ1) is 12.4. The van der Waals surface area contributed by atoms with Gasteiger partial charge in [-0.25, -0.2) is 9.97 Å². The first-order valence-electron chi connectivity index (χ1n) is 5.76. The van der Waals surface area contributed by atoms with E-state index in [4.69, 9.17) is 11.6 Å². The molecule has 5 heteroatoms. The summed E-state index contributed by atoms with van der Waals surface area (Å²) in [5.74, 6) is 0.833. The lowest BCUT2D eigenvalue weighted by molar-refractivity contribution is 1.12. The van der Waals surface area contributed by atoms with Gasteiger partial charge in [0.1, 0.15) is 5.52 Å². The van der Waals surface area contributed by atoms with Gasteiger partial charge in [-0.3, -0.25) is 4.98 Å². The zero-order valence-corrected chi connectivity index (χ0v) is 11.5. The third-order valence-corrected chi connectivity index (χ3v) is 3.82. The van der Waals surface area contributed by atoms with E-state index in [1.165, 1.54) is 5.56 Å². The van der Waals surface area contributed by atoms with Crippen LogP contribution < -0.4 is 0 Å². The molecule has 0 bridgehead atoms. The Bertz CT molecular complexity index is 718. The fourth-order valence-electron chi connectivity index (χ4n) is 1.70. The molecule has 0 aliphatic carbocycles. The highest BCUT2D eigenvalue weighted by molar-refractivity contribution is 7.98. The first-order chi connectivity index (χ1) is 9.31. The molecule has 1 aromatic carbocycles. The van der Waals surface area contributed by atoms with Crippen LogP contribution in [0.15, 0.2) is 53.8 Å². The van der Waals surface area contributed by atoms with Crippen molar-refractivity contribution >= 4 is 34.5 Å². The van der Waals surface area contributed by atoms with E-state index >= 15 is 0 Å². The van der Waals surface area contributed by atoms with Crippen LogP contribution in [0.2, 0.25) is 5.02 Å². The summed E-state index contributed by atoms with van der Waals surface area (Å²) in [4.78, 5) is 12.9. The number of pyridine rings is 1. The maximum atomic E-state index is 5.96. The van der Waals surface area contributed by atoms with Crippen molar-refractivity contribution in [3.63, 3.8) is 0 Å². The van der Waals surface area contributed by atoms with E-state index < -0.39 is 0 Å². The SMILES string of the molecule is Clc1cccc(CSc2ccc3nccnc3n2)c1. The second-order valence-electron chi connectivity index (χ2n) is 3.97. The van der Waals surface area contributed by atoms with Gasteiger partial charge in [0, 0.05) is 23.2 Å². The number of benzene rings is 1. The molecule has 2 heterocycles. The van der Waals surface area contributed by atoms with Crippen LogP contribution in [0.5, 0.6) is 0 Å². The van der Waals surface area contributed by atoms with Crippen molar-refractivity contribution in [1.29, 1.82) is 0 Å². The van der Waals surface area contributed by atoms with Crippen LogP contribution in [0.3, 0.4) is 0 Å². The molecule has 19 heavy (non-hydrogen) atoms.